The maximum atomic E-state index is 14.3. The molecule has 1 aromatic carbocycles. The van der Waals surface area contributed by atoms with Gasteiger partial charge in [0.1, 0.15) is 11.5 Å². The summed E-state index contributed by atoms with van der Waals surface area (Å²) in [5.41, 5.74) is 3.17. The van der Waals surface area contributed by atoms with Crippen LogP contribution < -0.4 is 5.32 Å². The molecule has 2 heterocycles. The Morgan fingerprint density at radius 2 is 2.15 bits per heavy atom. The minimum atomic E-state index is -0.207. The monoisotopic (exact) mass is 269 g/mol. The second-order valence-corrected chi connectivity index (χ2v) is 4.66. The molecule has 0 amide bonds. The van der Waals surface area contributed by atoms with Crippen molar-refractivity contribution in [1.82, 2.24) is 14.7 Å². The number of fused-ring (bicyclic) bond motifs is 1. The van der Waals surface area contributed by atoms with Crippen LogP contribution in [-0.4, -0.2) is 15.9 Å². The van der Waals surface area contributed by atoms with Crippen molar-refractivity contribution < 1.29 is 4.39 Å². The van der Waals surface area contributed by atoms with Gasteiger partial charge in [-0.1, -0.05) is 19.1 Å². The zero-order valence-corrected chi connectivity index (χ0v) is 11.3. The predicted octanol–water partition coefficient (Wildman–Crippen LogP) is 3.25. The molecule has 0 bridgehead atoms. The zero-order valence-electron chi connectivity index (χ0n) is 11.3. The first kappa shape index (κ1) is 12.8. The van der Waals surface area contributed by atoms with Gasteiger partial charge in [0.15, 0.2) is 0 Å². The summed E-state index contributed by atoms with van der Waals surface area (Å²) < 4.78 is 16.2. The van der Waals surface area contributed by atoms with E-state index in [2.05, 4.69) is 10.3 Å². The molecule has 20 heavy (non-hydrogen) atoms. The maximum Gasteiger partial charge on any atom is 0.137 e. The predicted molar refractivity (Wildman–Crippen MR) is 78.0 cm³/mol. The fourth-order valence-corrected chi connectivity index (χ4v) is 2.31. The minimum Gasteiger partial charge on any atom is -0.313 e. The summed E-state index contributed by atoms with van der Waals surface area (Å²) in [5, 5.41) is 3.19. The van der Waals surface area contributed by atoms with Gasteiger partial charge in [0.2, 0.25) is 0 Å². The third kappa shape index (κ3) is 2.30. The van der Waals surface area contributed by atoms with Crippen LogP contribution in [0.4, 0.5) is 4.39 Å². The SMILES string of the molecule is CCNCc1ccc(-c2cccc3nccn23)c(F)c1. The van der Waals surface area contributed by atoms with Crippen LogP contribution in [0.2, 0.25) is 0 Å². The van der Waals surface area contributed by atoms with Crippen LogP contribution in [0.1, 0.15) is 12.5 Å². The molecular weight excluding hydrogens is 253 g/mol. The van der Waals surface area contributed by atoms with Crippen LogP contribution in [0.15, 0.2) is 48.8 Å². The van der Waals surface area contributed by atoms with Gasteiger partial charge in [0.25, 0.3) is 0 Å². The third-order valence-electron chi connectivity index (χ3n) is 3.32. The highest BCUT2D eigenvalue weighted by molar-refractivity contribution is 5.64. The van der Waals surface area contributed by atoms with Crippen LogP contribution >= 0.6 is 0 Å². The number of nitrogens with zero attached hydrogens (tertiary/aromatic N) is 2. The number of rotatable bonds is 4. The van der Waals surface area contributed by atoms with E-state index in [0.717, 1.165) is 23.4 Å². The number of hydrogen-bond acceptors (Lipinski definition) is 2. The zero-order chi connectivity index (χ0) is 13.9. The molecule has 3 aromatic rings. The Labute approximate surface area is 117 Å². The highest BCUT2D eigenvalue weighted by atomic mass is 19.1. The van der Waals surface area contributed by atoms with Gasteiger partial charge in [-0.3, -0.25) is 4.40 Å². The van der Waals surface area contributed by atoms with Crippen molar-refractivity contribution in [3.05, 3.63) is 60.2 Å². The second kappa shape index (κ2) is 5.43. The highest BCUT2D eigenvalue weighted by Gasteiger charge is 2.09. The van der Waals surface area contributed by atoms with E-state index in [1.54, 1.807) is 12.3 Å². The number of aromatic nitrogens is 2. The lowest BCUT2D eigenvalue weighted by molar-refractivity contribution is 0.624. The molecular formula is C16H16FN3. The standard InChI is InChI=1S/C16H16FN3/c1-2-18-11-12-6-7-13(14(17)10-12)15-4-3-5-16-19-8-9-20(15)16/h3-10,18H,2,11H2,1H3. The molecule has 0 saturated carbocycles. The lowest BCUT2D eigenvalue weighted by Crippen LogP contribution is -2.11. The second-order valence-electron chi connectivity index (χ2n) is 4.66. The summed E-state index contributed by atoms with van der Waals surface area (Å²) in [4.78, 5) is 4.22. The molecule has 0 aliphatic rings. The molecule has 0 fully saturated rings. The molecule has 1 N–H and O–H groups in total. The summed E-state index contributed by atoms with van der Waals surface area (Å²) in [6, 6.07) is 11.1. The Kier molecular flexibility index (Phi) is 3.48. The van der Waals surface area contributed by atoms with Crippen molar-refractivity contribution >= 4 is 5.65 Å². The Bertz CT molecular complexity index is 733. The van der Waals surface area contributed by atoms with Gasteiger partial charge in [-0.2, -0.15) is 0 Å². The normalized spacial score (nSPS) is 11.1. The average molecular weight is 269 g/mol. The number of imidazole rings is 1. The van der Waals surface area contributed by atoms with Crippen molar-refractivity contribution in [2.75, 3.05) is 6.54 Å². The van der Waals surface area contributed by atoms with E-state index in [1.165, 1.54) is 0 Å². The highest BCUT2D eigenvalue weighted by Crippen LogP contribution is 2.24. The molecule has 0 aliphatic heterocycles. The van der Waals surface area contributed by atoms with E-state index in [4.69, 9.17) is 0 Å². The maximum absolute atomic E-state index is 14.3. The molecule has 4 heteroatoms. The average Bonchev–Trinajstić information content (AvgIpc) is 2.94. The van der Waals surface area contributed by atoms with Crippen LogP contribution in [-0.2, 0) is 6.54 Å². The van der Waals surface area contributed by atoms with E-state index < -0.39 is 0 Å². The van der Waals surface area contributed by atoms with Gasteiger partial charge in [0, 0.05) is 24.5 Å². The first-order valence-corrected chi connectivity index (χ1v) is 6.71. The summed E-state index contributed by atoms with van der Waals surface area (Å²) in [6.07, 6.45) is 3.56. The first-order valence-electron chi connectivity index (χ1n) is 6.71. The molecule has 0 atom stereocenters. The molecule has 3 rings (SSSR count). The lowest BCUT2D eigenvalue weighted by Gasteiger charge is -2.09. The van der Waals surface area contributed by atoms with Crippen LogP contribution in [0, 0.1) is 5.82 Å². The van der Waals surface area contributed by atoms with Gasteiger partial charge in [-0.15, -0.1) is 0 Å². The van der Waals surface area contributed by atoms with Crippen LogP contribution in [0.5, 0.6) is 0 Å². The van der Waals surface area contributed by atoms with Crippen LogP contribution in [0.3, 0.4) is 0 Å². The van der Waals surface area contributed by atoms with E-state index in [9.17, 15) is 4.39 Å². The molecule has 3 nitrogen and oxygen atoms in total. The van der Waals surface area contributed by atoms with E-state index in [-0.39, 0.29) is 5.82 Å². The number of hydrogen-bond donors (Lipinski definition) is 1. The smallest absolute Gasteiger partial charge is 0.137 e. The number of nitrogens with one attached hydrogen (secondary N) is 1. The van der Waals surface area contributed by atoms with Crippen molar-refractivity contribution in [1.29, 1.82) is 0 Å². The van der Waals surface area contributed by atoms with E-state index in [0.29, 0.717) is 12.1 Å². The van der Waals surface area contributed by atoms with Crippen molar-refractivity contribution in [3.8, 4) is 11.3 Å². The van der Waals surface area contributed by atoms with Gasteiger partial charge >= 0.3 is 0 Å². The van der Waals surface area contributed by atoms with E-state index >= 15 is 0 Å². The molecule has 0 aliphatic carbocycles. The summed E-state index contributed by atoms with van der Waals surface area (Å²) in [6.45, 7) is 3.59. The lowest BCUT2D eigenvalue weighted by atomic mass is 10.1. The number of benzene rings is 1. The minimum absolute atomic E-state index is 0.207. The summed E-state index contributed by atoms with van der Waals surface area (Å²) >= 11 is 0. The Balaban J connectivity index is 2.04. The fraction of sp³-hybridized carbons (Fsp3) is 0.188. The van der Waals surface area contributed by atoms with E-state index in [1.807, 2.05) is 47.9 Å². The number of halogens is 1. The van der Waals surface area contributed by atoms with Gasteiger partial charge in [-0.25, -0.2) is 9.37 Å². The molecule has 0 radical (unpaired) electrons. The van der Waals surface area contributed by atoms with Crippen molar-refractivity contribution in [3.63, 3.8) is 0 Å². The van der Waals surface area contributed by atoms with Crippen molar-refractivity contribution in [2.24, 2.45) is 0 Å². The Hall–Kier alpha value is -2.20. The molecule has 102 valence electrons. The molecule has 0 spiro atoms. The quantitative estimate of drug-likeness (QED) is 0.787. The van der Waals surface area contributed by atoms with Gasteiger partial charge < -0.3 is 5.32 Å². The topological polar surface area (TPSA) is 29.3 Å². The van der Waals surface area contributed by atoms with Gasteiger partial charge in [-0.05, 0) is 36.4 Å². The fourth-order valence-electron chi connectivity index (χ4n) is 2.31. The summed E-state index contributed by atoms with van der Waals surface area (Å²) in [5.74, 6) is -0.207. The Morgan fingerprint density at radius 3 is 2.95 bits per heavy atom. The first-order chi connectivity index (χ1) is 9.79. The molecule has 2 aromatic heterocycles. The third-order valence-corrected chi connectivity index (χ3v) is 3.32. The molecule has 0 unspecified atom stereocenters. The largest absolute Gasteiger partial charge is 0.313 e. The van der Waals surface area contributed by atoms with Gasteiger partial charge in [0.05, 0.1) is 5.69 Å². The molecule has 0 saturated heterocycles. The summed E-state index contributed by atoms with van der Waals surface area (Å²) in [7, 11) is 0. The Morgan fingerprint density at radius 1 is 1.25 bits per heavy atom. The number of pyridine rings is 1. The van der Waals surface area contributed by atoms with Crippen LogP contribution in [0.25, 0.3) is 16.9 Å². The van der Waals surface area contributed by atoms with Crippen molar-refractivity contribution in [2.45, 2.75) is 13.5 Å².